The number of hydrogen-bond donors (Lipinski definition) is 3. The molecule has 4 atom stereocenters. The number of methoxy groups -OCH3 is 1. The van der Waals surface area contributed by atoms with Crippen molar-refractivity contribution < 1.29 is 27.4 Å². The number of nitrogens with two attached hydrogens (primary N) is 2. The van der Waals surface area contributed by atoms with E-state index < -0.39 is 35.7 Å². The van der Waals surface area contributed by atoms with Crippen molar-refractivity contribution in [1.29, 1.82) is 0 Å². The lowest BCUT2D eigenvalue weighted by atomic mass is 9.56. The molecule has 2 bridgehead atoms. The minimum Gasteiger partial charge on any atom is -0.494 e. The average molecular weight is 559 g/mol. The Morgan fingerprint density at radius 1 is 1.15 bits per heavy atom. The molecule has 0 spiro atoms. The number of aromatic nitrogens is 5. The third-order valence-electron chi connectivity index (χ3n) is 8.20. The molecule has 2 saturated heterocycles. The van der Waals surface area contributed by atoms with Gasteiger partial charge in [-0.1, -0.05) is 0 Å². The highest BCUT2D eigenvalue weighted by Crippen LogP contribution is 2.51. The van der Waals surface area contributed by atoms with Crippen LogP contribution in [0.2, 0.25) is 0 Å². The number of rotatable bonds is 7. The molecule has 1 aromatic carbocycles. The van der Waals surface area contributed by atoms with Crippen LogP contribution in [-0.4, -0.2) is 67.4 Å². The normalized spacial score (nSPS) is 22.9. The van der Waals surface area contributed by atoms with Gasteiger partial charge < -0.3 is 30.8 Å². The van der Waals surface area contributed by atoms with Crippen LogP contribution in [0.15, 0.2) is 37.1 Å². The molecule has 7 rings (SSSR count). The highest BCUT2D eigenvalue weighted by Gasteiger charge is 2.63. The first-order valence-corrected chi connectivity index (χ1v) is 12.6. The monoisotopic (exact) mass is 558 g/mol. The molecular formula is C26H26F4N8O2. The molecule has 4 aromatic rings. The molecule has 1 saturated carbocycles. The second-order valence-corrected chi connectivity index (χ2v) is 10.2. The predicted molar refractivity (Wildman–Crippen MR) is 138 cm³/mol. The molecule has 210 valence electrons. The number of alkyl halides is 2. The molecule has 3 aliphatic rings. The topological polar surface area (TPSA) is 141 Å². The van der Waals surface area contributed by atoms with E-state index in [-0.39, 0.29) is 35.3 Å². The van der Waals surface area contributed by atoms with E-state index in [1.54, 1.807) is 10.6 Å². The van der Waals surface area contributed by atoms with E-state index in [1.807, 2.05) is 4.90 Å². The van der Waals surface area contributed by atoms with Gasteiger partial charge in [-0.15, -0.1) is 0 Å². The lowest BCUT2D eigenvalue weighted by Crippen LogP contribution is -2.80. The fourth-order valence-electron chi connectivity index (χ4n) is 6.05. The van der Waals surface area contributed by atoms with E-state index in [1.165, 1.54) is 26.0 Å². The highest BCUT2D eigenvalue weighted by molar-refractivity contribution is 5.81. The third kappa shape index (κ3) is 3.92. The summed E-state index contributed by atoms with van der Waals surface area (Å²) in [7, 11) is 1.24. The highest BCUT2D eigenvalue weighted by atomic mass is 19.3. The Morgan fingerprint density at radius 3 is 2.67 bits per heavy atom. The van der Waals surface area contributed by atoms with Crippen molar-refractivity contribution in [2.75, 3.05) is 24.3 Å². The molecule has 40 heavy (non-hydrogen) atoms. The Balaban J connectivity index is 1.46. The van der Waals surface area contributed by atoms with E-state index in [4.69, 9.17) is 16.2 Å². The zero-order valence-electron chi connectivity index (χ0n) is 21.3. The van der Waals surface area contributed by atoms with Gasteiger partial charge in [-0.2, -0.15) is 0 Å². The van der Waals surface area contributed by atoms with Crippen molar-refractivity contribution in [1.82, 2.24) is 24.5 Å². The Kier molecular flexibility index (Phi) is 6.26. The van der Waals surface area contributed by atoms with Gasteiger partial charge in [0.15, 0.2) is 23.0 Å². The maximum Gasteiger partial charge on any atom is 0.265 e. The Hall–Kier alpha value is -4.04. The van der Waals surface area contributed by atoms with Gasteiger partial charge in [0.1, 0.15) is 23.8 Å². The molecule has 5 N–H and O–H groups in total. The summed E-state index contributed by atoms with van der Waals surface area (Å²) in [5, 5.41) is 10.3. The molecule has 3 fully saturated rings. The van der Waals surface area contributed by atoms with E-state index in [2.05, 4.69) is 19.9 Å². The smallest absolute Gasteiger partial charge is 0.265 e. The van der Waals surface area contributed by atoms with Crippen molar-refractivity contribution in [3.8, 4) is 17.0 Å². The Morgan fingerprint density at radius 2 is 1.95 bits per heavy atom. The van der Waals surface area contributed by atoms with Crippen molar-refractivity contribution in [2.24, 2.45) is 11.7 Å². The SMILES string of the molecule is COc1cc(F)c(-c2cc(Cn3cnc4c(N)ncnc43)c(N3CCC4CC3[C@@]4(N)[C@H](O)C(F)F)cn2)cc1F. The van der Waals surface area contributed by atoms with Crippen molar-refractivity contribution >= 4 is 22.7 Å². The number of aliphatic hydroxyl groups is 1. The Bertz CT molecular complexity index is 1600. The van der Waals surface area contributed by atoms with Gasteiger partial charge in [-0.05, 0) is 36.5 Å². The van der Waals surface area contributed by atoms with Crippen molar-refractivity contribution in [3.63, 3.8) is 0 Å². The largest absolute Gasteiger partial charge is 0.494 e. The fourth-order valence-corrected chi connectivity index (χ4v) is 6.05. The fraction of sp³-hybridized carbons (Fsp3) is 0.385. The van der Waals surface area contributed by atoms with Gasteiger partial charge in [0, 0.05) is 18.2 Å². The number of anilines is 2. The summed E-state index contributed by atoms with van der Waals surface area (Å²) >= 11 is 0. The number of halogens is 4. The summed E-state index contributed by atoms with van der Waals surface area (Å²) in [6.07, 6.45) is 0.344. The lowest BCUT2D eigenvalue weighted by Gasteiger charge is -2.64. The van der Waals surface area contributed by atoms with Crippen LogP contribution in [0.1, 0.15) is 18.4 Å². The standard InChI is InChI=1S/C26H26F4N8O2/c1-40-19-7-15(27)14(6-16(19)28)17-4-12(9-37-11-36-21-24(31)34-10-35-25(21)37)18(8-33-17)38-3-2-13-5-20(38)26(13,32)22(39)23(29)30/h4,6-8,10-11,13,20,22-23,39H,2-3,5,9,32H2,1H3,(H2,31,34,35)/t13?,20?,22-,26-/m1/s1. The van der Waals surface area contributed by atoms with E-state index in [0.29, 0.717) is 41.8 Å². The van der Waals surface area contributed by atoms with Crippen LogP contribution in [0.4, 0.5) is 29.1 Å². The van der Waals surface area contributed by atoms with Crippen LogP contribution >= 0.6 is 0 Å². The van der Waals surface area contributed by atoms with Gasteiger partial charge in [-0.3, -0.25) is 4.98 Å². The van der Waals surface area contributed by atoms with Crippen LogP contribution in [0.5, 0.6) is 5.75 Å². The molecule has 1 aliphatic carbocycles. The van der Waals surface area contributed by atoms with Gasteiger partial charge in [0.05, 0.1) is 49.1 Å². The number of nitrogen functional groups attached to an aromatic ring is 1. The minimum absolute atomic E-state index is 0.0863. The molecule has 0 radical (unpaired) electrons. The number of hydrogen-bond acceptors (Lipinski definition) is 9. The first kappa shape index (κ1) is 26.2. The zero-order chi connectivity index (χ0) is 28.3. The maximum atomic E-state index is 15.0. The molecule has 3 aromatic heterocycles. The predicted octanol–water partition coefficient (Wildman–Crippen LogP) is 2.73. The first-order valence-electron chi connectivity index (χ1n) is 12.6. The Labute approximate surface area is 225 Å². The molecule has 2 aliphatic heterocycles. The van der Waals surface area contributed by atoms with Crippen LogP contribution in [0.3, 0.4) is 0 Å². The summed E-state index contributed by atoms with van der Waals surface area (Å²) in [5.41, 5.74) is 12.9. The lowest BCUT2D eigenvalue weighted by molar-refractivity contribution is -0.120. The van der Waals surface area contributed by atoms with Crippen LogP contribution in [-0.2, 0) is 6.54 Å². The van der Waals surface area contributed by atoms with Gasteiger partial charge in [0.25, 0.3) is 6.43 Å². The average Bonchev–Trinajstić information content (AvgIpc) is 3.36. The van der Waals surface area contributed by atoms with E-state index in [9.17, 15) is 22.7 Å². The number of imidazole rings is 1. The quantitative estimate of drug-likeness (QED) is 0.292. The second kappa shape index (κ2) is 9.55. The van der Waals surface area contributed by atoms with Crippen LogP contribution in [0, 0.1) is 17.6 Å². The number of benzene rings is 1. The third-order valence-corrected chi connectivity index (χ3v) is 8.20. The van der Waals surface area contributed by atoms with Crippen molar-refractivity contribution in [3.05, 3.63) is 54.2 Å². The number of ether oxygens (including phenoxy) is 1. The van der Waals surface area contributed by atoms with Crippen molar-refractivity contribution in [2.45, 2.75) is 43.5 Å². The maximum absolute atomic E-state index is 15.0. The van der Waals surface area contributed by atoms with Gasteiger partial charge in [-0.25, -0.2) is 32.5 Å². The molecule has 14 heteroatoms. The molecular weight excluding hydrogens is 532 g/mol. The first-order chi connectivity index (χ1) is 19.1. The summed E-state index contributed by atoms with van der Waals surface area (Å²) in [5.74, 6) is -1.80. The summed E-state index contributed by atoms with van der Waals surface area (Å²) in [6, 6.07) is 2.97. The second-order valence-electron chi connectivity index (χ2n) is 10.2. The minimum atomic E-state index is -2.99. The molecule has 2 unspecified atom stereocenters. The summed E-state index contributed by atoms with van der Waals surface area (Å²) in [6.45, 7) is 0.642. The van der Waals surface area contributed by atoms with Crippen LogP contribution < -0.4 is 21.1 Å². The van der Waals surface area contributed by atoms with Gasteiger partial charge >= 0.3 is 0 Å². The molecule has 0 amide bonds. The molecule has 10 nitrogen and oxygen atoms in total. The summed E-state index contributed by atoms with van der Waals surface area (Å²) < 4.78 is 63.3. The zero-order valence-corrected chi connectivity index (χ0v) is 21.3. The number of aliphatic hydroxyl groups excluding tert-OH is 1. The van der Waals surface area contributed by atoms with E-state index >= 15 is 0 Å². The molecule has 5 heterocycles. The van der Waals surface area contributed by atoms with Crippen LogP contribution in [0.25, 0.3) is 22.4 Å². The van der Waals surface area contributed by atoms with E-state index in [0.717, 1.165) is 12.1 Å². The van der Waals surface area contributed by atoms with Gasteiger partial charge in [0.2, 0.25) is 0 Å². The summed E-state index contributed by atoms with van der Waals surface area (Å²) in [4.78, 5) is 18.8. The number of piperidine rings is 2. The number of pyridine rings is 1. The number of nitrogens with zero attached hydrogens (tertiary/aromatic N) is 6. The number of fused-ring (bicyclic) bond motifs is 3.